The minimum absolute atomic E-state index is 0.248. The molecule has 1 aromatic rings. The van der Waals surface area contributed by atoms with Crippen molar-refractivity contribution in [2.75, 3.05) is 39.8 Å². The average Bonchev–Trinajstić information content (AvgIpc) is 3.14. The number of benzene rings is 1. The lowest BCUT2D eigenvalue weighted by molar-refractivity contribution is 0.0534. The molecule has 0 saturated carbocycles. The van der Waals surface area contributed by atoms with Gasteiger partial charge in [-0.05, 0) is 75.5 Å². The number of hydrogen-bond donors (Lipinski definition) is 1. The third-order valence-electron chi connectivity index (χ3n) is 6.54. The molecule has 1 atom stereocenters. The number of carbonyl (C=O) groups excluding carboxylic acids is 1. The Morgan fingerprint density at radius 2 is 1.96 bits per heavy atom. The number of hydrogen-bond acceptors (Lipinski definition) is 5. The van der Waals surface area contributed by atoms with Crippen molar-refractivity contribution in [1.82, 2.24) is 9.80 Å². The Balaban J connectivity index is 1.40. The molecule has 0 amide bonds. The number of likely N-dealkylation sites (tertiary alicyclic amines) is 2. The number of β-amino-alcohol motifs (C(OH)–C–C–N with tert-alkyl or cyclic N) is 1. The van der Waals surface area contributed by atoms with E-state index in [4.69, 9.17) is 4.74 Å². The van der Waals surface area contributed by atoms with Crippen LogP contribution in [-0.2, 0) is 11.3 Å². The fourth-order valence-corrected chi connectivity index (χ4v) is 4.85. The lowest BCUT2D eigenvalue weighted by atomic mass is 9.77. The van der Waals surface area contributed by atoms with Crippen LogP contribution in [0.15, 0.2) is 12.1 Å². The number of ether oxygens (including phenoxy) is 1. The summed E-state index contributed by atoms with van der Waals surface area (Å²) in [5.74, 6) is -0.248. The van der Waals surface area contributed by atoms with Crippen LogP contribution in [0.2, 0.25) is 0 Å². The van der Waals surface area contributed by atoms with Gasteiger partial charge in [0.15, 0.2) is 0 Å². The highest BCUT2D eigenvalue weighted by Crippen LogP contribution is 2.40. The van der Waals surface area contributed by atoms with Gasteiger partial charge in [-0.1, -0.05) is 6.07 Å². The van der Waals surface area contributed by atoms with Crippen LogP contribution in [-0.4, -0.2) is 60.6 Å². The zero-order chi connectivity index (χ0) is 17.6. The molecule has 25 heavy (non-hydrogen) atoms. The molecule has 5 nitrogen and oxygen atoms in total. The highest BCUT2D eigenvalue weighted by molar-refractivity contribution is 5.93. The summed E-state index contributed by atoms with van der Waals surface area (Å²) < 4.78 is 5.12. The predicted molar refractivity (Wildman–Crippen MR) is 95.5 cm³/mol. The maximum atomic E-state index is 11.7. The summed E-state index contributed by atoms with van der Waals surface area (Å²) in [5, 5.41) is 10.8. The number of aliphatic hydroxyl groups is 1. The molecule has 1 spiro atoms. The van der Waals surface area contributed by atoms with E-state index in [0.717, 1.165) is 29.8 Å². The molecule has 3 aliphatic heterocycles. The van der Waals surface area contributed by atoms with Crippen LogP contribution in [0.5, 0.6) is 0 Å². The van der Waals surface area contributed by atoms with E-state index in [0.29, 0.717) is 24.1 Å². The van der Waals surface area contributed by atoms with E-state index in [2.05, 4.69) is 16.8 Å². The molecule has 4 rings (SSSR count). The largest absolute Gasteiger partial charge is 0.457 e. The van der Waals surface area contributed by atoms with E-state index in [-0.39, 0.29) is 5.97 Å². The van der Waals surface area contributed by atoms with E-state index in [1.807, 2.05) is 13.0 Å². The van der Waals surface area contributed by atoms with Gasteiger partial charge in [0.1, 0.15) is 6.61 Å². The molecule has 0 aromatic heterocycles. The molecule has 5 heteroatoms. The number of cyclic esters (lactones) is 1. The van der Waals surface area contributed by atoms with Gasteiger partial charge in [0.2, 0.25) is 0 Å². The van der Waals surface area contributed by atoms with Gasteiger partial charge in [-0.25, -0.2) is 4.79 Å². The molecular formula is C20H28N2O3. The van der Waals surface area contributed by atoms with Crippen molar-refractivity contribution in [3.8, 4) is 0 Å². The maximum absolute atomic E-state index is 11.7. The number of esters is 1. The van der Waals surface area contributed by atoms with Gasteiger partial charge < -0.3 is 19.6 Å². The van der Waals surface area contributed by atoms with Crippen LogP contribution in [0.3, 0.4) is 0 Å². The van der Waals surface area contributed by atoms with Crippen LogP contribution in [0.4, 0.5) is 0 Å². The third kappa shape index (κ3) is 3.09. The first-order valence-corrected chi connectivity index (χ1v) is 9.36. The molecule has 1 aromatic carbocycles. The minimum atomic E-state index is -0.513. The Hall–Kier alpha value is -1.43. The SMILES string of the molecule is Cc1c(C(O)CN2CCC3(CCN(C)C3)CC2)ccc2c1COC2=O. The van der Waals surface area contributed by atoms with Crippen LogP contribution >= 0.6 is 0 Å². The van der Waals surface area contributed by atoms with Gasteiger partial charge in [0.05, 0.1) is 11.7 Å². The zero-order valence-corrected chi connectivity index (χ0v) is 15.3. The second-order valence-electron chi connectivity index (χ2n) is 8.19. The quantitative estimate of drug-likeness (QED) is 0.851. The standard InChI is InChI=1S/C20H28N2O3/c1-14-15(3-4-16-17(14)12-25-19(16)24)18(23)11-22-9-6-20(7-10-22)5-8-21(2)13-20/h3-4,18,23H,5-13H2,1-2H3. The van der Waals surface area contributed by atoms with Crippen LogP contribution in [0.1, 0.15) is 52.4 Å². The number of rotatable bonds is 3. The topological polar surface area (TPSA) is 53.0 Å². The van der Waals surface area contributed by atoms with Crippen molar-refractivity contribution >= 4 is 5.97 Å². The molecule has 3 aliphatic rings. The smallest absolute Gasteiger partial charge is 0.338 e. The Morgan fingerprint density at radius 1 is 1.24 bits per heavy atom. The molecule has 136 valence electrons. The normalized spacial score (nSPS) is 24.5. The summed E-state index contributed by atoms with van der Waals surface area (Å²) in [4.78, 5) is 16.5. The third-order valence-corrected chi connectivity index (χ3v) is 6.54. The Morgan fingerprint density at radius 3 is 2.64 bits per heavy atom. The second-order valence-corrected chi connectivity index (χ2v) is 8.19. The molecule has 0 aliphatic carbocycles. The fourth-order valence-electron chi connectivity index (χ4n) is 4.85. The van der Waals surface area contributed by atoms with E-state index >= 15 is 0 Å². The minimum Gasteiger partial charge on any atom is -0.457 e. The molecule has 0 bridgehead atoms. The number of carbonyl (C=O) groups is 1. The molecule has 0 radical (unpaired) electrons. The maximum Gasteiger partial charge on any atom is 0.338 e. The Bertz CT molecular complexity index is 680. The number of aliphatic hydroxyl groups excluding tert-OH is 1. The van der Waals surface area contributed by atoms with Gasteiger partial charge in [-0.2, -0.15) is 0 Å². The Labute approximate surface area is 149 Å². The fraction of sp³-hybridized carbons (Fsp3) is 0.650. The van der Waals surface area contributed by atoms with E-state index in [1.165, 1.54) is 32.4 Å². The van der Waals surface area contributed by atoms with Crippen LogP contribution in [0, 0.1) is 12.3 Å². The van der Waals surface area contributed by atoms with Crippen LogP contribution < -0.4 is 0 Å². The van der Waals surface area contributed by atoms with Crippen LogP contribution in [0.25, 0.3) is 0 Å². The van der Waals surface area contributed by atoms with Crippen molar-refractivity contribution in [1.29, 1.82) is 0 Å². The zero-order valence-electron chi connectivity index (χ0n) is 15.3. The summed E-state index contributed by atoms with van der Waals surface area (Å²) in [7, 11) is 2.22. The average molecular weight is 344 g/mol. The molecule has 1 N–H and O–H groups in total. The molecule has 1 unspecified atom stereocenters. The molecular weight excluding hydrogens is 316 g/mol. The molecule has 3 heterocycles. The summed E-state index contributed by atoms with van der Waals surface area (Å²) in [5.41, 5.74) is 4.03. The van der Waals surface area contributed by atoms with E-state index in [9.17, 15) is 9.90 Å². The second kappa shape index (κ2) is 6.38. The first-order chi connectivity index (χ1) is 12.0. The number of fused-ring (bicyclic) bond motifs is 1. The number of nitrogens with zero attached hydrogens (tertiary/aromatic N) is 2. The first kappa shape index (κ1) is 17.0. The summed E-state index contributed by atoms with van der Waals surface area (Å²) in [6.07, 6.45) is 3.27. The van der Waals surface area contributed by atoms with Gasteiger partial charge in [0.25, 0.3) is 0 Å². The first-order valence-electron chi connectivity index (χ1n) is 9.36. The summed E-state index contributed by atoms with van der Waals surface area (Å²) in [6, 6.07) is 3.69. The lowest BCUT2D eigenvalue weighted by Gasteiger charge is -2.40. The molecule has 2 fully saturated rings. The van der Waals surface area contributed by atoms with Crippen molar-refractivity contribution in [2.45, 2.75) is 38.9 Å². The van der Waals surface area contributed by atoms with E-state index < -0.39 is 6.10 Å². The predicted octanol–water partition coefficient (Wildman–Crippen LogP) is 2.12. The Kier molecular flexibility index (Phi) is 4.34. The van der Waals surface area contributed by atoms with Gasteiger partial charge in [-0.3, -0.25) is 0 Å². The van der Waals surface area contributed by atoms with Crippen molar-refractivity contribution in [3.63, 3.8) is 0 Å². The highest BCUT2D eigenvalue weighted by Gasteiger charge is 2.39. The number of piperidine rings is 1. The monoisotopic (exact) mass is 344 g/mol. The van der Waals surface area contributed by atoms with Gasteiger partial charge >= 0.3 is 5.97 Å². The summed E-state index contributed by atoms with van der Waals surface area (Å²) >= 11 is 0. The van der Waals surface area contributed by atoms with Gasteiger partial charge in [0, 0.05) is 18.7 Å². The summed E-state index contributed by atoms with van der Waals surface area (Å²) in [6.45, 7) is 7.56. The van der Waals surface area contributed by atoms with Crippen molar-refractivity contribution in [2.24, 2.45) is 5.41 Å². The lowest BCUT2D eigenvalue weighted by Crippen LogP contribution is -2.42. The van der Waals surface area contributed by atoms with E-state index in [1.54, 1.807) is 6.07 Å². The highest BCUT2D eigenvalue weighted by atomic mass is 16.5. The van der Waals surface area contributed by atoms with Gasteiger partial charge in [-0.15, -0.1) is 0 Å². The van der Waals surface area contributed by atoms with Crippen molar-refractivity contribution in [3.05, 3.63) is 34.4 Å². The molecule has 2 saturated heterocycles. The van der Waals surface area contributed by atoms with Crippen molar-refractivity contribution < 1.29 is 14.6 Å².